The summed E-state index contributed by atoms with van der Waals surface area (Å²) in [6, 6.07) is 21.9. The van der Waals surface area contributed by atoms with Gasteiger partial charge in [-0.05, 0) is 54.7 Å². The van der Waals surface area contributed by atoms with Gasteiger partial charge in [-0.1, -0.05) is 80.6 Å². The molecular weight excluding hydrogens is 437 g/mol. The Morgan fingerprint density at radius 3 is 1.97 bits per heavy atom. The molecule has 35 heavy (non-hydrogen) atoms. The van der Waals surface area contributed by atoms with Crippen LogP contribution in [0.15, 0.2) is 90.2 Å². The van der Waals surface area contributed by atoms with Crippen LogP contribution in [0.2, 0.25) is 0 Å². The fourth-order valence-electron chi connectivity index (χ4n) is 4.49. The minimum atomic E-state index is -2.66. The zero-order chi connectivity index (χ0) is 24.9. The molecule has 0 radical (unpaired) electrons. The average Bonchev–Trinajstić information content (AvgIpc) is 3.37. The Morgan fingerprint density at radius 2 is 1.43 bits per heavy atom. The van der Waals surface area contributed by atoms with E-state index in [-0.39, 0.29) is 5.92 Å². The topological polar surface area (TPSA) is 18.8 Å². The van der Waals surface area contributed by atoms with Gasteiger partial charge in [-0.3, -0.25) is 0 Å². The molecule has 1 aromatic heterocycles. The molecule has 2 nitrogen and oxygen atoms in total. The molecule has 2 heterocycles. The Morgan fingerprint density at radius 1 is 0.857 bits per heavy atom. The third-order valence-corrected chi connectivity index (χ3v) is 6.09. The van der Waals surface area contributed by atoms with Crippen molar-refractivity contribution in [3.63, 3.8) is 0 Å². The molecule has 0 atom stereocenters. The summed E-state index contributed by atoms with van der Waals surface area (Å²) in [5.74, 6) is 0.0374. The summed E-state index contributed by atoms with van der Waals surface area (Å²) in [5.41, 5.74) is 7.73. The van der Waals surface area contributed by atoms with Crippen molar-refractivity contribution in [2.45, 2.75) is 27.7 Å². The van der Waals surface area contributed by atoms with E-state index in [1.165, 1.54) is 0 Å². The van der Waals surface area contributed by atoms with E-state index in [4.69, 9.17) is 0 Å². The van der Waals surface area contributed by atoms with Crippen LogP contribution in [0.4, 0.5) is 8.63 Å². The van der Waals surface area contributed by atoms with Crippen molar-refractivity contribution in [2.75, 3.05) is 0 Å². The van der Waals surface area contributed by atoms with E-state index < -0.39 is 7.40 Å². The number of hydrogen-bond acceptors (Lipinski definition) is 0. The number of benzene rings is 2. The highest BCUT2D eigenvalue weighted by Crippen LogP contribution is 2.36. The molecule has 5 heteroatoms. The lowest BCUT2D eigenvalue weighted by atomic mass is 9.92. The van der Waals surface area contributed by atoms with Crippen LogP contribution in [-0.2, 0) is 0 Å². The maximum Gasteiger partial charge on any atom is 0.935 e. The minimum absolute atomic E-state index is 0.0374. The number of aromatic amines is 1. The second-order valence-corrected chi connectivity index (χ2v) is 9.09. The number of aromatic nitrogens is 1. The standard InChI is InChI=1S/C30H29BF2N2/c1-21(2)28(29-22(3)19-26(34-29)17-15-24-11-7-5-8-12-24)30-23(4)20-27(35(30)31(32)33)18-16-25-13-9-6-10-14-25/h5-21H,1-4H3/p+1/b17-15+,18-16+. The predicted octanol–water partition coefficient (Wildman–Crippen LogP) is 7.91. The number of H-pyrrole nitrogens is 1. The van der Waals surface area contributed by atoms with Crippen LogP contribution in [0.1, 0.15) is 48.8 Å². The third kappa shape index (κ3) is 5.51. The molecule has 0 fully saturated rings. The normalized spacial score (nSPS) is 15.6. The Bertz CT molecular complexity index is 1340. The summed E-state index contributed by atoms with van der Waals surface area (Å²) in [7, 11) is -2.66. The van der Waals surface area contributed by atoms with E-state index in [0.717, 1.165) is 43.7 Å². The molecule has 0 aliphatic carbocycles. The molecule has 3 aromatic rings. The second-order valence-electron chi connectivity index (χ2n) is 9.09. The van der Waals surface area contributed by atoms with E-state index in [9.17, 15) is 8.63 Å². The van der Waals surface area contributed by atoms with Crippen LogP contribution in [0.3, 0.4) is 0 Å². The summed E-state index contributed by atoms with van der Waals surface area (Å²) in [6.45, 7) is 8.04. The number of rotatable bonds is 7. The van der Waals surface area contributed by atoms with Crippen molar-refractivity contribution < 1.29 is 13.1 Å². The van der Waals surface area contributed by atoms with Crippen LogP contribution >= 0.6 is 0 Å². The molecule has 0 spiro atoms. The molecule has 0 saturated heterocycles. The monoisotopic (exact) mass is 467 g/mol. The Kier molecular flexibility index (Phi) is 7.45. The van der Waals surface area contributed by atoms with Gasteiger partial charge in [0.05, 0.1) is 5.69 Å². The first-order valence-electron chi connectivity index (χ1n) is 11.9. The van der Waals surface area contributed by atoms with Crippen molar-refractivity contribution >= 4 is 36.9 Å². The highest BCUT2D eigenvalue weighted by atomic mass is 19.2. The number of nitrogens with one attached hydrogen (secondary N) is 1. The summed E-state index contributed by atoms with van der Waals surface area (Å²) < 4.78 is 30.1. The summed E-state index contributed by atoms with van der Waals surface area (Å²) in [4.78, 5) is 3.49. The molecule has 1 N–H and O–H groups in total. The smallest absolute Gasteiger partial charge is 0.355 e. The molecule has 1 aliphatic rings. The van der Waals surface area contributed by atoms with Gasteiger partial charge >= 0.3 is 7.40 Å². The Labute approximate surface area is 206 Å². The van der Waals surface area contributed by atoms with Crippen LogP contribution in [0, 0.1) is 12.8 Å². The maximum atomic E-state index is 14.5. The lowest BCUT2D eigenvalue weighted by Gasteiger charge is -2.14. The van der Waals surface area contributed by atoms with E-state index in [1.54, 1.807) is 6.08 Å². The Balaban J connectivity index is 1.79. The zero-order valence-electron chi connectivity index (χ0n) is 20.6. The van der Waals surface area contributed by atoms with Crippen molar-refractivity contribution in [1.29, 1.82) is 0 Å². The molecular formula is C30H30BF2N2+. The average molecular weight is 467 g/mol. The van der Waals surface area contributed by atoms with Gasteiger partial charge in [0.25, 0.3) is 0 Å². The van der Waals surface area contributed by atoms with Gasteiger partial charge in [-0.15, -0.1) is 0 Å². The molecule has 0 saturated carbocycles. The molecule has 2 aromatic carbocycles. The van der Waals surface area contributed by atoms with Crippen LogP contribution in [0.5, 0.6) is 0 Å². The highest BCUT2D eigenvalue weighted by Gasteiger charge is 2.45. The van der Waals surface area contributed by atoms with Crippen LogP contribution < -0.4 is 0 Å². The zero-order valence-corrected chi connectivity index (χ0v) is 20.6. The third-order valence-electron chi connectivity index (χ3n) is 6.09. The van der Waals surface area contributed by atoms with Crippen molar-refractivity contribution in [3.8, 4) is 0 Å². The van der Waals surface area contributed by atoms with Crippen molar-refractivity contribution in [1.82, 2.24) is 4.98 Å². The van der Waals surface area contributed by atoms with E-state index in [1.807, 2.05) is 98.8 Å². The van der Waals surface area contributed by atoms with Crippen molar-refractivity contribution in [2.24, 2.45) is 5.92 Å². The first-order valence-corrected chi connectivity index (χ1v) is 11.9. The van der Waals surface area contributed by atoms with Gasteiger partial charge < -0.3 is 4.98 Å². The number of allylic oxidation sites excluding steroid dienone is 4. The molecule has 176 valence electrons. The predicted molar refractivity (Wildman–Crippen MR) is 145 cm³/mol. The number of hydrogen-bond donors (Lipinski definition) is 1. The molecule has 0 amide bonds. The van der Waals surface area contributed by atoms with Gasteiger partial charge in [-0.2, -0.15) is 0 Å². The van der Waals surface area contributed by atoms with E-state index >= 15 is 0 Å². The number of halogens is 2. The van der Waals surface area contributed by atoms with Gasteiger partial charge in [-0.25, -0.2) is 13.1 Å². The largest absolute Gasteiger partial charge is 0.935 e. The van der Waals surface area contributed by atoms with E-state index in [2.05, 4.69) is 24.9 Å². The molecule has 0 bridgehead atoms. The lowest BCUT2D eigenvalue weighted by molar-refractivity contribution is -0.342. The van der Waals surface area contributed by atoms with Gasteiger partial charge in [0, 0.05) is 29.0 Å². The first-order chi connectivity index (χ1) is 16.8. The van der Waals surface area contributed by atoms with Gasteiger partial charge in [0.15, 0.2) is 11.4 Å². The van der Waals surface area contributed by atoms with Crippen LogP contribution in [-0.4, -0.2) is 22.6 Å². The SMILES string of the molecule is CC1=CC(/C=C/c2ccccc2)=[N+](B(F)F)C/1=C(\c1[nH]c(/C=C/c2ccccc2)cc1C)C(C)C. The number of nitrogens with zero attached hydrogens (tertiary/aromatic N) is 1. The fraction of sp³-hybridized carbons (Fsp3) is 0.167. The second kappa shape index (κ2) is 10.7. The quantitative estimate of drug-likeness (QED) is 0.341. The Hall–Kier alpha value is -3.73. The van der Waals surface area contributed by atoms with Crippen LogP contribution in [0.25, 0.3) is 23.8 Å². The van der Waals surface area contributed by atoms with E-state index in [0.29, 0.717) is 11.4 Å². The summed E-state index contributed by atoms with van der Waals surface area (Å²) in [6.07, 6.45) is 9.56. The van der Waals surface area contributed by atoms with Gasteiger partial charge in [0.1, 0.15) is 0 Å². The first kappa shape index (κ1) is 24.4. The number of aryl methyl sites for hydroxylation is 1. The maximum absolute atomic E-state index is 14.5. The van der Waals surface area contributed by atoms with Crippen molar-refractivity contribution in [3.05, 3.63) is 118 Å². The molecule has 0 unspecified atom stereocenters. The van der Waals surface area contributed by atoms with Gasteiger partial charge in [0.2, 0.25) is 0 Å². The summed E-state index contributed by atoms with van der Waals surface area (Å²) in [5, 5.41) is 0. The highest BCUT2D eigenvalue weighted by molar-refractivity contribution is 6.36. The molecule has 4 rings (SSSR count). The fourth-order valence-corrected chi connectivity index (χ4v) is 4.49. The minimum Gasteiger partial charge on any atom is -0.355 e. The lowest BCUT2D eigenvalue weighted by Crippen LogP contribution is -2.26. The summed E-state index contributed by atoms with van der Waals surface area (Å²) >= 11 is 0. The molecule has 1 aliphatic heterocycles.